The molecule has 0 aliphatic rings. The molecule has 0 saturated carbocycles. The van der Waals surface area contributed by atoms with Gasteiger partial charge in [-0.25, -0.2) is 0 Å². The topological polar surface area (TPSA) is 9.23 Å². The Balaban J connectivity index is 2.92. The Labute approximate surface area is 48.2 Å². The van der Waals surface area contributed by atoms with Gasteiger partial charge in [0.25, 0.3) is 0 Å². The Morgan fingerprint density at radius 2 is 2.43 bits per heavy atom. The summed E-state index contributed by atoms with van der Waals surface area (Å²) in [4.78, 5) is 0. The van der Waals surface area contributed by atoms with Gasteiger partial charge in [-0.1, -0.05) is 6.58 Å². The van der Waals surface area contributed by atoms with Gasteiger partial charge in [0.05, 0.1) is 12.5 Å². The van der Waals surface area contributed by atoms with Gasteiger partial charge in [-0.3, -0.25) is 0 Å². The van der Waals surface area contributed by atoms with E-state index in [9.17, 15) is 0 Å². The first-order valence-electron chi connectivity index (χ1n) is 1.89. The van der Waals surface area contributed by atoms with Gasteiger partial charge in [0.15, 0.2) is 0 Å². The average Bonchev–Trinajstić information content (AvgIpc) is 1.69. The number of alkyl halides is 1. The standard InChI is InChI=1S/C5H7ClO/c1-2-7-5-3-4-6/h2-3,5H,1,4H2. The summed E-state index contributed by atoms with van der Waals surface area (Å²) < 4.78 is 4.57. The Bertz CT molecular complexity index is 68.5. The molecule has 0 aromatic rings. The molecule has 0 rings (SSSR count). The van der Waals surface area contributed by atoms with Crippen LogP contribution in [-0.4, -0.2) is 5.88 Å². The second kappa shape index (κ2) is 5.57. The molecule has 0 unspecified atom stereocenters. The van der Waals surface area contributed by atoms with E-state index in [4.69, 9.17) is 11.6 Å². The summed E-state index contributed by atoms with van der Waals surface area (Å²) in [5, 5.41) is 0. The van der Waals surface area contributed by atoms with Gasteiger partial charge in [0, 0.05) is 5.88 Å². The molecule has 1 nitrogen and oxygen atoms in total. The minimum absolute atomic E-state index is 0.480. The maximum atomic E-state index is 5.24. The van der Waals surface area contributed by atoms with Gasteiger partial charge in [0.2, 0.25) is 0 Å². The third kappa shape index (κ3) is 5.57. The first-order valence-corrected chi connectivity index (χ1v) is 2.42. The zero-order valence-corrected chi connectivity index (χ0v) is 4.69. The molecule has 0 N–H and O–H groups in total. The molecule has 0 atom stereocenters. The monoisotopic (exact) mass is 118 g/mol. The molecule has 0 aromatic heterocycles. The molecule has 2 heteroatoms. The number of rotatable bonds is 3. The summed E-state index contributed by atoms with van der Waals surface area (Å²) in [6, 6.07) is 0. The van der Waals surface area contributed by atoms with Crippen LogP contribution in [0.4, 0.5) is 0 Å². The van der Waals surface area contributed by atoms with Crippen molar-refractivity contribution < 1.29 is 4.74 Å². The van der Waals surface area contributed by atoms with E-state index in [-0.39, 0.29) is 0 Å². The fourth-order valence-electron chi connectivity index (χ4n) is 0.147. The van der Waals surface area contributed by atoms with Gasteiger partial charge in [-0.05, 0) is 6.08 Å². The highest BCUT2D eigenvalue weighted by Gasteiger charge is 1.62. The van der Waals surface area contributed by atoms with Crippen LogP contribution in [0.5, 0.6) is 0 Å². The molecule has 0 amide bonds. The molecule has 0 aliphatic carbocycles. The van der Waals surface area contributed by atoms with E-state index in [0.29, 0.717) is 5.88 Å². The van der Waals surface area contributed by atoms with Crippen molar-refractivity contribution in [1.82, 2.24) is 0 Å². The van der Waals surface area contributed by atoms with E-state index in [2.05, 4.69) is 11.3 Å². The summed E-state index contributed by atoms with van der Waals surface area (Å²) in [6.07, 6.45) is 4.51. The maximum Gasteiger partial charge on any atom is 0.0873 e. The van der Waals surface area contributed by atoms with Crippen LogP contribution in [-0.2, 0) is 4.74 Å². The van der Waals surface area contributed by atoms with Crippen molar-refractivity contribution in [2.45, 2.75) is 0 Å². The van der Waals surface area contributed by atoms with E-state index in [0.717, 1.165) is 0 Å². The molecule has 0 aromatic carbocycles. The highest BCUT2D eigenvalue weighted by molar-refractivity contribution is 6.18. The van der Waals surface area contributed by atoms with Gasteiger partial charge >= 0.3 is 0 Å². The van der Waals surface area contributed by atoms with E-state index >= 15 is 0 Å². The van der Waals surface area contributed by atoms with Gasteiger partial charge in [0.1, 0.15) is 0 Å². The van der Waals surface area contributed by atoms with Crippen LogP contribution < -0.4 is 0 Å². The minimum Gasteiger partial charge on any atom is -0.474 e. The minimum atomic E-state index is 0.480. The van der Waals surface area contributed by atoms with E-state index in [1.54, 1.807) is 6.08 Å². The number of allylic oxidation sites excluding steroid dienone is 1. The second-order valence-corrected chi connectivity index (χ2v) is 1.14. The molecule has 0 saturated heterocycles. The molecular weight excluding hydrogens is 112 g/mol. The summed E-state index contributed by atoms with van der Waals surface area (Å²) in [5.41, 5.74) is 0. The van der Waals surface area contributed by atoms with Gasteiger partial charge in [-0.15, -0.1) is 11.6 Å². The van der Waals surface area contributed by atoms with Crippen LogP contribution in [0.2, 0.25) is 0 Å². The van der Waals surface area contributed by atoms with Crippen molar-refractivity contribution in [2.24, 2.45) is 0 Å². The first-order chi connectivity index (χ1) is 3.41. The summed E-state index contributed by atoms with van der Waals surface area (Å²) in [7, 11) is 0. The quantitative estimate of drug-likeness (QED) is 0.406. The summed E-state index contributed by atoms with van der Waals surface area (Å²) in [5.74, 6) is 0.480. The Morgan fingerprint density at radius 1 is 1.71 bits per heavy atom. The third-order valence-corrected chi connectivity index (χ3v) is 0.538. The number of halogens is 1. The van der Waals surface area contributed by atoms with Crippen molar-refractivity contribution in [1.29, 1.82) is 0 Å². The summed E-state index contributed by atoms with van der Waals surface area (Å²) >= 11 is 5.24. The smallest absolute Gasteiger partial charge is 0.0873 e. The van der Waals surface area contributed by atoms with E-state index < -0.39 is 0 Å². The second-order valence-electron chi connectivity index (χ2n) is 0.829. The van der Waals surface area contributed by atoms with Crippen molar-refractivity contribution in [2.75, 3.05) is 5.88 Å². The number of hydrogen-bond donors (Lipinski definition) is 0. The lowest BCUT2D eigenvalue weighted by molar-refractivity contribution is 0.404. The fraction of sp³-hybridized carbons (Fsp3) is 0.200. The zero-order chi connectivity index (χ0) is 5.54. The van der Waals surface area contributed by atoms with Crippen molar-refractivity contribution in [3.8, 4) is 0 Å². The van der Waals surface area contributed by atoms with Crippen LogP contribution in [0.3, 0.4) is 0 Å². The van der Waals surface area contributed by atoms with E-state index in [1.807, 2.05) is 0 Å². The molecule has 0 aliphatic heterocycles. The summed E-state index contributed by atoms with van der Waals surface area (Å²) in [6.45, 7) is 3.32. The third-order valence-electron chi connectivity index (χ3n) is 0.360. The SMILES string of the molecule is C=COC=CCCl. The number of hydrogen-bond acceptors (Lipinski definition) is 1. The zero-order valence-electron chi connectivity index (χ0n) is 3.93. The van der Waals surface area contributed by atoms with E-state index in [1.165, 1.54) is 12.5 Å². The highest BCUT2D eigenvalue weighted by Crippen LogP contribution is 1.79. The number of ether oxygens (including phenoxy) is 1. The van der Waals surface area contributed by atoms with Gasteiger partial charge in [-0.2, -0.15) is 0 Å². The van der Waals surface area contributed by atoms with Crippen LogP contribution in [0, 0.1) is 0 Å². The lowest BCUT2D eigenvalue weighted by Gasteiger charge is -1.81. The fourth-order valence-corrected chi connectivity index (χ4v) is 0.220. The molecule has 7 heavy (non-hydrogen) atoms. The molecule has 0 fully saturated rings. The average molecular weight is 119 g/mol. The Kier molecular flexibility index (Phi) is 5.23. The lowest BCUT2D eigenvalue weighted by Crippen LogP contribution is -1.62. The van der Waals surface area contributed by atoms with Crippen molar-refractivity contribution >= 4 is 11.6 Å². The molecule has 0 bridgehead atoms. The lowest BCUT2D eigenvalue weighted by atomic mass is 10.7. The highest BCUT2D eigenvalue weighted by atomic mass is 35.5. The normalized spacial score (nSPS) is 9.29. The molecule has 0 spiro atoms. The van der Waals surface area contributed by atoms with Crippen molar-refractivity contribution in [3.63, 3.8) is 0 Å². The predicted molar refractivity (Wildman–Crippen MR) is 31.1 cm³/mol. The Morgan fingerprint density at radius 3 is 2.86 bits per heavy atom. The largest absolute Gasteiger partial charge is 0.474 e. The van der Waals surface area contributed by atoms with Crippen LogP contribution in [0.1, 0.15) is 0 Å². The molecule has 0 heterocycles. The molecule has 0 radical (unpaired) electrons. The first kappa shape index (κ1) is 6.57. The molecular formula is C5H7ClO. The van der Waals surface area contributed by atoms with Crippen LogP contribution in [0.15, 0.2) is 25.2 Å². The van der Waals surface area contributed by atoms with Crippen LogP contribution >= 0.6 is 11.6 Å². The Hall–Kier alpha value is -0.430. The van der Waals surface area contributed by atoms with Crippen molar-refractivity contribution in [3.05, 3.63) is 25.2 Å². The maximum absolute atomic E-state index is 5.24. The van der Waals surface area contributed by atoms with Gasteiger partial charge < -0.3 is 4.74 Å². The predicted octanol–water partition coefficient (Wildman–Crippen LogP) is 1.90. The van der Waals surface area contributed by atoms with Crippen LogP contribution in [0.25, 0.3) is 0 Å². The molecule has 40 valence electrons.